The Morgan fingerprint density at radius 3 is 2.32 bits per heavy atom. The second-order valence-corrected chi connectivity index (χ2v) is 10.4. The van der Waals surface area contributed by atoms with Crippen molar-refractivity contribution in [2.45, 2.75) is 50.6 Å². The number of carbonyl (C=O) groups excluding carboxylic acids is 2. The second kappa shape index (κ2) is 8.73. The van der Waals surface area contributed by atoms with Gasteiger partial charge in [-0.15, -0.1) is 0 Å². The van der Waals surface area contributed by atoms with Gasteiger partial charge in [0.25, 0.3) is 0 Å². The van der Waals surface area contributed by atoms with E-state index in [1.807, 2.05) is 0 Å². The predicted molar refractivity (Wildman–Crippen MR) is 118 cm³/mol. The molecule has 8 heteroatoms. The number of amides is 2. The summed E-state index contributed by atoms with van der Waals surface area (Å²) in [7, 11) is -3.81. The van der Waals surface area contributed by atoms with Gasteiger partial charge >= 0.3 is 0 Å². The first-order valence-electron chi connectivity index (χ1n) is 10.5. The summed E-state index contributed by atoms with van der Waals surface area (Å²) in [5.41, 5.74) is 1.88. The molecule has 0 aromatic heterocycles. The van der Waals surface area contributed by atoms with Gasteiger partial charge in [0.05, 0.1) is 23.3 Å². The fourth-order valence-electron chi connectivity index (χ4n) is 4.49. The fraction of sp³-hybridized carbons (Fsp3) is 0.391. The molecule has 2 aliphatic rings. The molecule has 1 N–H and O–H groups in total. The van der Waals surface area contributed by atoms with Crippen LogP contribution in [0.1, 0.15) is 42.4 Å². The van der Waals surface area contributed by atoms with Crippen molar-refractivity contribution < 1.29 is 18.0 Å². The smallest absolute Gasteiger partial charge is 0.241 e. The second-order valence-electron chi connectivity index (χ2n) is 8.28. The number of nitrogens with zero attached hydrogens (tertiary/aromatic N) is 1. The lowest BCUT2D eigenvalue weighted by Gasteiger charge is -2.19. The van der Waals surface area contributed by atoms with Crippen molar-refractivity contribution in [1.29, 1.82) is 0 Å². The molecule has 2 fully saturated rings. The molecule has 1 aliphatic heterocycles. The van der Waals surface area contributed by atoms with Gasteiger partial charge in [-0.2, -0.15) is 0 Å². The normalized spacial score (nSPS) is 21.4. The lowest BCUT2D eigenvalue weighted by atomic mass is 9.81. The fourth-order valence-corrected chi connectivity index (χ4v) is 6.00. The summed E-state index contributed by atoms with van der Waals surface area (Å²) < 4.78 is 28.5. The van der Waals surface area contributed by atoms with Crippen LogP contribution in [0.5, 0.6) is 0 Å². The Hall–Kier alpha value is -2.22. The molecule has 0 radical (unpaired) electrons. The average Bonchev–Trinajstić information content (AvgIpc) is 2.99. The highest BCUT2D eigenvalue weighted by Crippen LogP contribution is 2.38. The molecular formula is C23H25ClN2O4S. The number of nitrogens with one attached hydrogen (secondary N) is 1. The number of hydrogen-bond donors (Lipinski definition) is 1. The van der Waals surface area contributed by atoms with Crippen molar-refractivity contribution in [3.63, 3.8) is 0 Å². The molecule has 2 aromatic rings. The zero-order valence-corrected chi connectivity index (χ0v) is 18.9. The quantitative estimate of drug-likeness (QED) is 0.664. The first-order valence-corrected chi connectivity index (χ1v) is 12.3. The zero-order chi connectivity index (χ0) is 22.2. The van der Waals surface area contributed by atoms with Crippen LogP contribution in [-0.4, -0.2) is 25.1 Å². The van der Waals surface area contributed by atoms with Gasteiger partial charge in [-0.1, -0.05) is 54.8 Å². The highest BCUT2D eigenvalue weighted by atomic mass is 35.5. The molecule has 164 valence electrons. The summed E-state index contributed by atoms with van der Waals surface area (Å²) in [6.07, 6.45) is 3.45. The van der Waals surface area contributed by atoms with Gasteiger partial charge < -0.3 is 0 Å². The lowest BCUT2D eigenvalue weighted by Crippen LogP contribution is -2.30. The van der Waals surface area contributed by atoms with Crippen LogP contribution in [0.2, 0.25) is 5.02 Å². The Kier molecular flexibility index (Phi) is 6.19. The highest BCUT2D eigenvalue weighted by molar-refractivity contribution is 7.89. The maximum Gasteiger partial charge on any atom is 0.241 e. The van der Waals surface area contributed by atoms with Crippen LogP contribution in [0.25, 0.3) is 0 Å². The van der Waals surface area contributed by atoms with E-state index in [0.717, 1.165) is 25.7 Å². The zero-order valence-electron chi connectivity index (χ0n) is 17.3. The maximum absolute atomic E-state index is 13.0. The van der Waals surface area contributed by atoms with Crippen LogP contribution in [0.4, 0.5) is 0 Å². The Morgan fingerprint density at radius 1 is 1.03 bits per heavy atom. The molecular weight excluding hydrogens is 436 g/mol. The molecule has 0 bridgehead atoms. The van der Waals surface area contributed by atoms with Gasteiger partial charge in [0.1, 0.15) is 0 Å². The number of aryl methyl sites for hydroxylation is 1. The minimum Gasteiger partial charge on any atom is -0.278 e. The summed E-state index contributed by atoms with van der Waals surface area (Å²) in [5, 5.41) is 0.489. The number of benzene rings is 2. The summed E-state index contributed by atoms with van der Waals surface area (Å²) in [5.74, 6) is -0.688. The topological polar surface area (TPSA) is 83.6 Å². The van der Waals surface area contributed by atoms with Gasteiger partial charge in [-0.3, -0.25) is 14.5 Å². The Labute approximate surface area is 187 Å². The van der Waals surface area contributed by atoms with Crippen LogP contribution in [0, 0.1) is 18.8 Å². The number of imide groups is 1. The Balaban J connectivity index is 1.53. The van der Waals surface area contributed by atoms with Gasteiger partial charge in [0.15, 0.2) is 0 Å². The third kappa shape index (κ3) is 4.40. The summed E-state index contributed by atoms with van der Waals surface area (Å²) in [6, 6.07) is 12.1. The third-order valence-electron chi connectivity index (χ3n) is 6.23. The predicted octanol–water partition coefficient (Wildman–Crippen LogP) is 3.80. The van der Waals surface area contributed by atoms with E-state index >= 15 is 0 Å². The standard InChI is InChI=1S/C23H25ClN2O4S/c1-15-10-11-16(14-26-22(27)18-7-3-4-8-19(18)23(26)28)12-21(15)31(29,30)25-13-17-6-2-5-9-20(17)24/h2,5-6,9-12,18-19,25H,3-4,7-8,13-14H2,1H3/t18-,19-/m1/s1. The summed E-state index contributed by atoms with van der Waals surface area (Å²) in [4.78, 5) is 27.0. The van der Waals surface area contributed by atoms with E-state index in [0.29, 0.717) is 21.7 Å². The monoisotopic (exact) mass is 460 g/mol. The van der Waals surface area contributed by atoms with E-state index in [-0.39, 0.29) is 41.6 Å². The van der Waals surface area contributed by atoms with Crippen LogP contribution in [-0.2, 0) is 32.7 Å². The molecule has 2 amide bonds. The third-order valence-corrected chi connectivity index (χ3v) is 8.14. The van der Waals surface area contributed by atoms with Crippen LogP contribution in [0.15, 0.2) is 47.4 Å². The summed E-state index contributed by atoms with van der Waals surface area (Å²) in [6.45, 7) is 1.88. The largest absolute Gasteiger partial charge is 0.278 e. The number of hydrogen-bond acceptors (Lipinski definition) is 4. The number of fused-ring (bicyclic) bond motifs is 1. The van der Waals surface area contributed by atoms with Crippen LogP contribution >= 0.6 is 11.6 Å². The van der Waals surface area contributed by atoms with Crippen molar-refractivity contribution >= 4 is 33.4 Å². The van der Waals surface area contributed by atoms with E-state index in [9.17, 15) is 18.0 Å². The van der Waals surface area contributed by atoms with Gasteiger partial charge in [0, 0.05) is 11.6 Å². The van der Waals surface area contributed by atoms with Crippen molar-refractivity contribution in [3.8, 4) is 0 Å². The number of halogens is 1. The number of rotatable bonds is 6. The van der Waals surface area contributed by atoms with Crippen LogP contribution in [0.3, 0.4) is 0 Å². The molecule has 1 heterocycles. The van der Waals surface area contributed by atoms with Gasteiger partial charge in [-0.25, -0.2) is 13.1 Å². The first kappa shape index (κ1) is 22.0. The minimum atomic E-state index is -3.81. The molecule has 1 saturated heterocycles. The van der Waals surface area contributed by atoms with E-state index in [2.05, 4.69) is 4.72 Å². The molecule has 31 heavy (non-hydrogen) atoms. The number of likely N-dealkylation sites (tertiary alicyclic amines) is 1. The molecule has 1 saturated carbocycles. The van der Waals surface area contributed by atoms with Crippen molar-refractivity contribution in [1.82, 2.24) is 9.62 Å². The molecule has 2 atom stereocenters. The molecule has 6 nitrogen and oxygen atoms in total. The number of carbonyl (C=O) groups is 2. The van der Waals surface area contributed by atoms with Crippen molar-refractivity contribution in [3.05, 3.63) is 64.2 Å². The number of sulfonamides is 1. The van der Waals surface area contributed by atoms with E-state index < -0.39 is 10.0 Å². The van der Waals surface area contributed by atoms with E-state index in [1.54, 1.807) is 49.4 Å². The van der Waals surface area contributed by atoms with E-state index in [1.165, 1.54) is 4.90 Å². The van der Waals surface area contributed by atoms with E-state index in [4.69, 9.17) is 11.6 Å². The SMILES string of the molecule is Cc1ccc(CN2C(=O)[C@@H]3CCCC[C@H]3C2=O)cc1S(=O)(=O)NCc1ccccc1Cl. The molecule has 0 unspecified atom stereocenters. The molecule has 1 aliphatic carbocycles. The Bertz CT molecular complexity index is 1110. The van der Waals surface area contributed by atoms with Gasteiger partial charge in [-0.05, 0) is 48.6 Å². The lowest BCUT2D eigenvalue weighted by molar-refractivity contribution is -0.140. The molecule has 2 aromatic carbocycles. The summed E-state index contributed by atoms with van der Waals surface area (Å²) >= 11 is 6.13. The maximum atomic E-state index is 13.0. The van der Waals surface area contributed by atoms with Crippen molar-refractivity contribution in [2.75, 3.05) is 0 Å². The molecule has 4 rings (SSSR count). The average molecular weight is 461 g/mol. The minimum absolute atomic E-state index is 0.0676. The Morgan fingerprint density at radius 2 is 1.68 bits per heavy atom. The van der Waals surface area contributed by atoms with Gasteiger partial charge in [0.2, 0.25) is 21.8 Å². The first-order chi connectivity index (χ1) is 14.8. The molecule has 0 spiro atoms. The van der Waals surface area contributed by atoms with Crippen LogP contribution < -0.4 is 4.72 Å². The van der Waals surface area contributed by atoms with Crippen molar-refractivity contribution in [2.24, 2.45) is 11.8 Å². The highest BCUT2D eigenvalue weighted by Gasteiger charge is 2.47.